The molecule has 7 rings (SSSR count). The monoisotopic (exact) mass is 590 g/mol. The Kier molecular flexibility index (Phi) is 8.30. The molecule has 1 amide bonds. The maximum absolute atomic E-state index is 13.6. The van der Waals surface area contributed by atoms with Crippen LogP contribution < -0.4 is 0 Å². The van der Waals surface area contributed by atoms with Gasteiger partial charge in [-0.3, -0.25) is 9.69 Å². The van der Waals surface area contributed by atoms with E-state index in [1.165, 1.54) is 43.2 Å². The fraction of sp³-hybridized carbons (Fsp3) is 0.474. The first-order valence-corrected chi connectivity index (χ1v) is 16.8. The number of rotatable bonds is 8. The first kappa shape index (κ1) is 29.2. The van der Waals surface area contributed by atoms with Gasteiger partial charge in [0.15, 0.2) is 0 Å². The summed E-state index contributed by atoms with van der Waals surface area (Å²) in [5.41, 5.74) is 4.76. The summed E-state index contributed by atoms with van der Waals surface area (Å²) in [6.45, 7) is 4.59. The summed E-state index contributed by atoms with van der Waals surface area (Å²) < 4.78 is 2.53. The van der Waals surface area contributed by atoms with Crippen LogP contribution in [0.5, 0.6) is 0 Å². The van der Waals surface area contributed by atoms with E-state index in [0.717, 1.165) is 55.8 Å². The van der Waals surface area contributed by atoms with Crippen LogP contribution in [0.15, 0.2) is 84.9 Å². The van der Waals surface area contributed by atoms with Crippen LogP contribution in [0.3, 0.4) is 0 Å². The predicted octanol–water partition coefficient (Wildman–Crippen LogP) is 6.63. The highest BCUT2D eigenvalue weighted by Crippen LogP contribution is 2.44. The van der Waals surface area contributed by atoms with E-state index in [4.69, 9.17) is 4.98 Å². The number of para-hydroxylation sites is 2. The number of benzene rings is 3. The molecule has 0 spiro atoms. The highest BCUT2D eigenvalue weighted by atomic mass is 16.3. The normalized spacial score (nSPS) is 24.3. The van der Waals surface area contributed by atoms with Crippen LogP contribution in [-0.2, 0) is 10.2 Å². The fourth-order valence-electron chi connectivity index (χ4n) is 8.86. The van der Waals surface area contributed by atoms with Crippen molar-refractivity contribution in [2.75, 3.05) is 26.2 Å². The van der Waals surface area contributed by atoms with E-state index >= 15 is 0 Å². The van der Waals surface area contributed by atoms with E-state index in [-0.39, 0.29) is 17.9 Å². The van der Waals surface area contributed by atoms with Gasteiger partial charge in [-0.2, -0.15) is 0 Å². The first-order valence-electron chi connectivity index (χ1n) is 16.8. The van der Waals surface area contributed by atoms with E-state index in [9.17, 15) is 9.90 Å². The van der Waals surface area contributed by atoms with Crippen molar-refractivity contribution in [3.8, 4) is 0 Å². The third-order valence-corrected chi connectivity index (χ3v) is 11.2. The number of hydrogen-bond acceptors (Lipinski definition) is 4. The Balaban J connectivity index is 1.07. The lowest BCUT2D eigenvalue weighted by Crippen LogP contribution is -2.54. The van der Waals surface area contributed by atoms with Gasteiger partial charge in [-0.25, -0.2) is 4.98 Å². The number of carbonyl (C=O) groups is 1. The Morgan fingerprint density at radius 1 is 0.886 bits per heavy atom. The van der Waals surface area contributed by atoms with Gasteiger partial charge >= 0.3 is 0 Å². The molecule has 4 aromatic rings. The molecule has 4 atom stereocenters. The van der Waals surface area contributed by atoms with Crippen molar-refractivity contribution < 1.29 is 9.90 Å². The number of likely N-dealkylation sites (tertiary alicyclic amines) is 1. The zero-order valence-electron chi connectivity index (χ0n) is 26.0. The standard InChI is InChI=1S/C38H46N4O2/c1-28-39-35-17-8-9-18-36(35)42(28)33-25-31-15-10-16-32(26-33)41(31)24-21-38(30-13-6-3-7-14-30)19-22-40(23-20-38)37(44)34(27-43)29-11-4-2-5-12-29/h2-9,11-14,17-18,31-34,43H,10,15-16,19-27H2,1H3/t31-,32+,33?,34?. The number of aryl methyl sites for hydroxylation is 1. The molecular formula is C38H46N4O2. The average molecular weight is 591 g/mol. The number of carbonyl (C=O) groups excluding carboxylic acids is 1. The number of piperidine rings is 3. The number of imidazole rings is 1. The number of nitrogens with zero attached hydrogens (tertiary/aromatic N) is 4. The zero-order valence-corrected chi connectivity index (χ0v) is 26.0. The van der Waals surface area contributed by atoms with Crippen LogP contribution in [0, 0.1) is 6.92 Å². The van der Waals surface area contributed by atoms with Crippen molar-refractivity contribution >= 4 is 16.9 Å². The number of fused-ring (bicyclic) bond motifs is 3. The van der Waals surface area contributed by atoms with Gasteiger partial charge < -0.3 is 14.6 Å². The molecule has 1 aromatic heterocycles. The second kappa shape index (κ2) is 12.5. The van der Waals surface area contributed by atoms with Gasteiger partial charge in [-0.05, 0) is 87.1 Å². The lowest BCUT2D eigenvalue weighted by Gasteiger charge is -2.51. The van der Waals surface area contributed by atoms with Gasteiger partial charge in [0.1, 0.15) is 5.82 Å². The predicted molar refractivity (Wildman–Crippen MR) is 176 cm³/mol. The minimum absolute atomic E-state index is 0.0549. The molecule has 3 fully saturated rings. The van der Waals surface area contributed by atoms with Gasteiger partial charge in [0, 0.05) is 31.2 Å². The van der Waals surface area contributed by atoms with Crippen molar-refractivity contribution in [3.05, 3.63) is 102 Å². The van der Waals surface area contributed by atoms with Crippen molar-refractivity contribution in [1.29, 1.82) is 0 Å². The molecule has 4 heterocycles. The van der Waals surface area contributed by atoms with E-state index in [0.29, 0.717) is 18.1 Å². The maximum atomic E-state index is 13.6. The number of aliphatic hydroxyl groups excluding tert-OH is 1. The van der Waals surface area contributed by atoms with Gasteiger partial charge in [-0.15, -0.1) is 0 Å². The van der Waals surface area contributed by atoms with E-state index in [1.54, 1.807) is 0 Å². The lowest BCUT2D eigenvalue weighted by molar-refractivity contribution is -0.135. The molecule has 1 N–H and O–H groups in total. The molecule has 3 aliphatic rings. The third-order valence-electron chi connectivity index (χ3n) is 11.2. The number of aromatic nitrogens is 2. The lowest BCUT2D eigenvalue weighted by atomic mass is 9.69. The molecule has 3 aromatic carbocycles. The summed E-state index contributed by atoms with van der Waals surface area (Å²) in [4.78, 5) is 23.4. The van der Waals surface area contributed by atoms with Gasteiger partial charge in [0.05, 0.1) is 23.6 Å². The maximum Gasteiger partial charge on any atom is 0.232 e. The highest BCUT2D eigenvalue weighted by molar-refractivity contribution is 5.84. The van der Waals surface area contributed by atoms with E-state index < -0.39 is 5.92 Å². The van der Waals surface area contributed by atoms with Gasteiger partial charge in [0.2, 0.25) is 5.91 Å². The summed E-state index contributed by atoms with van der Waals surface area (Å²) in [7, 11) is 0. The Labute approximate surface area is 261 Å². The second-order valence-electron chi connectivity index (χ2n) is 13.5. The molecule has 3 saturated heterocycles. The quantitative estimate of drug-likeness (QED) is 0.250. The van der Waals surface area contributed by atoms with Gasteiger partial charge in [0.25, 0.3) is 0 Å². The van der Waals surface area contributed by atoms with Crippen molar-refractivity contribution in [2.24, 2.45) is 0 Å². The minimum atomic E-state index is -0.489. The molecule has 0 saturated carbocycles. The molecule has 3 aliphatic heterocycles. The van der Waals surface area contributed by atoms with Gasteiger partial charge in [-0.1, -0.05) is 79.2 Å². The van der Waals surface area contributed by atoms with Crippen LogP contribution in [0.2, 0.25) is 0 Å². The fourth-order valence-corrected chi connectivity index (χ4v) is 8.86. The average Bonchev–Trinajstić information content (AvgIpc) is 3.40. The van der Waals surface area contributed by atoms with Crippen LogP contribution in [0.25, 0.3) is 11.0 Å². The number of amides is 1. The summed E-state index contributed by atoms with van der Waals surface area (Å²) in [6.07, 6.45) is 9.31. The molecule has 0 aliphatic carbocycles. The van der Waals surface area contributed by atoms with E-state index in [2.05, 4.69) is 71.0 Å². The van der Waals surface area contributed by atoms with Crippen LogP contribution in [-0.4, -0.2) is 68.7 Å². The Morgan fingerprint density at radius 3 is 2.20 bits per heavy atom. The largest absolute Gasteiger partial charge is 0.395 e. The van der Waals surface area contributed by atoms with Crippen LogP contribution in [0.4, 0.5) is 0 Å². The molecule has 0 radical (unpaired) electrons. The number of hydrogen-bond donors (Lipinski definition) is 1. The van der Waals surface area contributed by atoms with E-state index in [1.807, 2.05) is 35.2 Å². The van der Waals surface area contributed by atoms with Crippen molar-refractivity contribution in [3.63, 3.8) is 0 Å². The Hall–Kier alpha value is -3.48. The topological polar surface area (TPSA) is 61.6 Å². The summed E-state index contributed by atoms with van der Waals surface area (Å²) >= 11 is 0. The summed E-state index contributed by atoms with van der Waals surface area (Å²) in [5.74, 6) is 0.708. The zero-order chi connectivity index (χ0) is 30.1. The Morgan fingerprint density at radius 2 is 1.52 bits per heavy atom. The first-order chi connectivity index (χ1) is 21.6. The van der Waals surface area contributed by atoms with Crippen LogP contribution in [0.1, 0.15) is 80.3 Å². The SMILES string of the molecule is Cc1nc2ccccc2n1C1C[C@H]2CCC[C@@H](C1)N2CCC1(c2ccccc2)CCN(C(=O)C(CO)c2ccccc2)CC1. The Bertz CT molecular complexity index is 1550. The molecular weight excluding hydrogens is 544 g/mol. The van der Waals surface area contributed by atoms with Crippen molar-refractivity contribution in [1.82, 2.24) is 19.4 Å². The minimum Gasteiger partial charge on any atom is -0.395 e. The van der Waals surface area contributed by atoms with Crippen molar-refractivity contribution in [2.45, 2.75) is 87.7 Å². The summed E-state index contributed by atoms with van der Waals surface area (Å²) in [5, 5.41) is 10.2. The molecule has 44 heavy (non-hydrogen) atoms. The third kappa shape index (κ3) is 5.48. The molecule has 6 nitrogen and oxygen atoms in total. The molecule has 2 unspecified atom stereocenters. The molecule has 6 heteroatoms. The smallest absolute Gasteiger partial charge is 0.232 e. The molecule has 2 bridgehead atoms. The summed E-state index contributed by atoms with van der Waals surface area (Å²) in [6, 6.07) is 31.1. The van der Waals surface area contributed by atoms with Crippen LogP contribution >= 0.6 is 0 Å². The second-order valence-corrected chi connectivity index (χ2v) is 13.5. The number of aliphatic hydroxyl groups is 1. The highest BCUT2D eigenvalue weighted by Gasteiger charge is 2.43. The molecule has 230 valence electrons.